The topological polar surface area (TPSA) is 81.1 Å². The van der Waals surface area contributed by atoms with E-state index in [1.807, 2.05) is 12.1 Å². The lowest BCUT2D eigenvalue weighted by molar-refractivity contribution is 0.563. The standard InChI is InChI=1S/C14H15N5O/c1-2-19(7-10-5-6-20-8-10)14-11-3-4-12(15)18-13(11)16-9-17-14/h3-6,8-9H,2,7H2,1H3,(H2,15,16,17,18). The molecule has 0 amide bonds. The molecule has 0 bridgehead atoms. The quantitative estimate of drug-likeness (QED) is 0.782. The van der Waals surface area contributed by atoms with Crippen LogP contribution in [0, 0.1) is 0 Å². The second kappa shape index (κ2) is 5.16. The van der Waals surface area contributed by atoms with E-state index >= 15 is 0 Å². The van der Waals surface area contributed by atoms with Crippen LogP contribution in [0.1, 0.15) is 12.5 Å². The minimum atomic E-state index is 0.458. The highest BCUT2D eigenvalue weighted by atomic mass is 16.3. The van der Waals surface area contributed by atoms with E-state index in [9.17, 15) is 0 Å². The number of anilines is 2. The van der Waals surface area contributed by atoms with Gasteiger partial charge in [0.05, 0.1) is 17.9 Å². The van der Waals surface area contributed by atoms with Crippen LogP contribution in [0.25, 0.3) is 11.0 Å². The second-order valence-corrected chi connectivity index (χ2v) is 4.45. The summed E-state index contributed by atoms with van der Waals surface area (Å²) in [6.07, 6.45) is 4.92. The van der Waals surface area contributed by atoms with Crippen molar-refractivity contribution in [2.45, 2.75) is 13.5 Å². The number of furan rings is 1. The number of hydrogen-bond acceptors (Lipinski definition) is 6. The molecule has 2 N–H and O–H groups in total. The molecule has 0 saturated carbocycles. The molecule has 0 unspecified atom stereocenters. The van der Waals surface area contributed by atoms with E-state index in [-0.39, 0.29) is 0 Å². The zero-order valence-electron chi connectivity index (χ0n) is 11.2. The zero-order chi connectivity index (χ0) is 13.9. The number of nitrogens with two attached hydrogens (primary N) is 1. The van der Waals surface area contributed by atoms with Gasteiger partial charge in [0.25, 0.3) is 0 Å². The predicted molar refractivity (Wildman–Crippen MR) is 77.2 cm³/mol. The Kier molecular flexibility index (Phi) is 3.20. The molecule has 0 spiro atoms. The smallest absolute Gasteiger partial charge is 0.166 e. The van der Waals surface area contributed by atoms with E-state index in [0.717, 1.165) is 29.9 Å². The van der Waals surface area contributed by atoms with Crippen LogP contribution in [-0.2, 0) is 6.54 Å². The van der Waals surface area contributed by atoms with Crippen LogP contribution in [0.4, 0.5) is 11.6 Å². The maximum atomic E-state index is 5.69. The van der Waals surface area contributed by atoms with Crippen LogP contribution >= 0.6 is 0 Å². The van der Waals surface area contributed by atoms with Crippen molar-refractivity contribution in [1.82, 2.24) is 15.0 Å². The monoisotopic (exact) mass is 269 g/mol. The van der Waals surface area contributed by atoms with Gasteiger partial charge in [-0.3, -0.25) is 0 Å². The van der Waals surface area contributed by atoms with Crippen molar-refractivity contribution in [2.75, 3.05) is 17.2 Å². The number of rotatable bonds is 4. The zero-order valence-corrected chi connectivity index (χ0v) is 11.2. The Morgan fingerprint density at radius 1 is 1.25 bits per heavy atom. The summed E-state index contributed by atoms with van der Waals surface area (Å²) in [6.45, 7) is 3.63. The first-order chi connectivity index (χ1) is 9.78. The van der Waals surface area contributed by atoms with Gasteiger partial charge in [-0.1, -0.05) is 0 Å². The molecule has 20 heavy (non-hydrogen) atoms. The fraction of sp³-hybridized carbons (Fsp3) is 0.214. The summed E-state index contributed by atoms with van der Waals surface area (Å²) in [5.74, 6) is 1.31. The van der Waals surface area contributed by atoms with Gasteiger partial charge in [0.2, 0.25) is 0 Å². The third-order valence-corrected chi connectivity index (χ3v) is 3.13. The van der Waals surface area contributed by atoms with E-state index in [0.29, 0.717) is 11.5 Å². The number of pyridine rings is 1. The summed E-state index contributed by atoms with van der Waals surface area (Å²) in [6, 6.07) is 5.62. The van der Waals surface area contributed by atoms with Crippen molar-refractivity contribution in [3.05, 3.63) is 42.6 Å². The molecule has 0 fully saturated rings. The van der Waals surface area contributed by atoms with Crippen molar-refractivity contribution in [3.63, 3.8) is 0 Å². The van der Waals surface area contributed by atoms with Crippen molar-refractivity contribution in [3.8, 4) is 0 Å². The maximum absolute atomic E-state index is 5.69. The molecular formula is C14H15N5O. The van der Waals surface area contributed by atoms with Gasteiger partial charge < -0.3 is 15.1 Å². The average molecular weight is 269 g/mol. The molecule has 0 aliphatic rings. The Balaban J connectivity index is 2.03. The van der Waals surface area contributed by atoms with E-state index in [1.54, 1.807) is 18.6 Å². The number of fused-ring (bicyclic) bond motifs is 1. The van der Waals surface area contributed by atoms with E-state index in [1.165, 1.54) is 6.33 Å². The molecule has 0 aliphatic heterocycles. The van der Waals surface area contributed by atoms with Gasteiger partial charge in [0.15, 0.2) is 5.65 Å². The fourth-order valence-corrected chi connectivity index (χ4v) is 2.14. The van der Waals surface area contributed by atoms with Crippen LogP contribution in [-0.4, -0.2) is 21.5 Å². The molecule has 3 aromatic rings. The molecule has 0 aromatic carbocycles. The largest absolute Gasteiger partial charge is 0.472 e. The first kappa shape index (κ1) is 12.4. The molecule has 6 heteroatoms. The Morgan fingerprint density at radius 3 is 2.90 bits per heavy atom. The SMILES string of the molecule is CCN(Cc1ccoc1)c1ncnc2nc(N)ccc12. The Morgan fingerprint density at radius 2 is 2.15 bits per heavy atom. The van der Waals surface area contributed by atoms with E-state index in [4.69, 9.17) is 10.2 Å². The van der Waals surface area contributed by atoms with E-state index in [2.05, 4.69) is 26.8 Å². The van der Waals surface area contributed by atoms with Crippen LogP contribution in [0.5, 0.6) is 0 Å². The highest BCUT2D eigenvalue weighted by Gasteiger charge is 2.12. The van der Waals surface area contributed by atoms with Gasteiger partial charge in [-0.2, -0.15) is 0 Å². The third-order valence-electron chi connectivity index (χ3n) is 3.13. The summed E-state index contributed by atoms with van der Waals surface area (Å²) < 4.78 is 5.11. The van der Waals surface area contributed by atoms with E-state index < -0.39 is 0 Å². The summed E-state index contributed by atoms with van der Waals surface area (Å²) in [5.41, 5.74) is 7.41. The first-order valence-corrected chi connectivity index (χ1v) is 6.41. The maximum Gasteiger partial charge on any atom is 0.166 e. The Hall–Kier alpha value is -2.63. The van der Waals surface area contributed by atoms with Crippen molar-refractivity contribution < 1.29 is 4.42 Å². The van der Waals surface area contributed by atoms with Crippen molar-refractivity contribution >= 4 is 22.7 Å². The number of hydrogen-bond donors (Lipinski definition) is 1. The molecular weight excluding hydrogens is 254 g/mol. The third kappa shape index (κ3) is 2.27. The highest BCUT2D eigenvalue weighted by molar-refractivity contribution is 5.87. The lowest BCUT2D eigenvalue weighted by Crippen LogP contribution is -2.23. The van der Waals surface area contributed by atoms with Gasteiger partial charge in [-0.15, -0.1) is 0 Å². The highest BCUT2D eigenvalue weighted by Crippen LogP contribution is 2.23. The second-order valence-electron chi connectivity index (χ2n) is 4.45. The summed E-state index contributed by atoms with van der Waals surface area (Å²) in [4.78, 5) is 14.9. The minimum Gasteiger partial charge on any atom is -0.472 e. The van der Waals surface area contributed by atoms with Gasteiger partial charge in [-0.05, 0) is 25.1 Å². The Bertz CT molecular complexity index is 711. The number of nitrogens with zero attached hydrogens (tertiary/aromatic N) is 4. The Labute approximate surface area is 116 Å². The fourth-order valence-electron chi connectivity index (χ4n) is 2.14. The molecule has 3 rings (SSSR count). The average Bonchev–Trinajstić information content (AvgIpc) is 2.97. The number of aromatic nitrogens is 3. The molecule has 3 aromatic heterocycles. The van der Waals surface area contributed by atoms with Gasteiger partial charge in [-0.25, -0.2) is 15.0 Å². The lowest BCUT2D eigenvalue weighted by atomic mass is 10.2. The summed E-state index contributed by atoms with van der Waals surface area (Å²) in [5, 5.41) is 0.895. The van der Waals surface area contributed by atoms with Crippen LogP contribution < -0.4 is 10.6 Å². The molecule has 102 valence electrons. The van der Waals surface area contributed by atoms with Crippen molar-refractivity contribution in [1.29, 1.82) is 0 Å². The minimum absolute atomic E-state index is 0.458. The van der Waals surface area contributed by atoms with Crippen LogP contribution in [0.15, 0.2) is 41.5 Å². The predicted octanol–water partition coefficient (Wildman–Crippen LogP) is 2.23. The van der Waals surface area contributed by atoms with Crippen molar-refractivity contribution in [2.24, 2.45) is 0 Å². The molecule has 0 saturated heterocycles. The number of nitrogen functional groups attached to an aromatic ring is 1. The summed E-state index contributed by atoms with van der Waals surface area (Å²) in [7, 11) is 0. The molecule has 6 nitrogen and oxygen atoms in total. The lowest BCUT2D eigenvalue weighted by Gasteiger charge is -2.22. The van der Waals surface area contributed by atoms with Gasteiger partial charge in [0.1, 0.15) is 18.0 Å². The van der Waals surface area contributed by atoms with Gasteiger partial charge in [0, 0.05) is 18.7 Å². The first-order valence-electron chi connectivity index (χ1n) is 6.41. The molecule has 0 atom stereocenters. The van der Waals surface area contributed by atoms with Gasteiger partial charge >= 0.3 is 0 Å². The normalized spacial score (nSPS) is 10.8. The molecule has 0 aliphatic carbocycles. The molecule has 3 heterocycles. The molecule has 0 radical (unpaired) electrons. The van der Waals surface area contributed by atoms with Crippen LogP contribution in [0.2, 0.25) is 0 Å². The van der Waals surface area contributed by atoms with Crippen LogP contribution in [0.3, 0.4) is 0 Å². The summed E-state index contributed by atoms with van der Waals surface area (Å²) >= 11 is 0.